The number of sulfone groups is 1. The summed E-state index contributed by atoms with van der Waals surface area (Å²) < 4.78 is 23.4. The highest BCUT2D eigenvalue weighted by atomic mass is 32.2. The van der Waals surface area contributed by atoms with Crippen LogP contribution in [0.4, 0.5) is 11.5 Å². The number of piperazine rings is 1. The molecule has 0 aliphatic carbocycles. The third-order valence-corrected chi connectivity index (χ3v) is 7.22. The second-order valence-corrected chi connectivity index (χ2v) is 9.41. The van der Waals surface area contributed by atoms with Gasteiger partial charge in [-0.15, -0.1) is 0 Å². The molecule has 2 aliphatic rings. The standard InChI is InChI=1S/C18H19N5O4S/c19-11-13-9-18(20-17-2-1-14(23(24)25)10-16(13)17)22-6-4-21(5-7-22)15-3-8-28(26,27)12-15/h1-2,9-10,15H,3-8,12H2. The molecule has 2 aliphatic heterocycles. The predicted octanol–water partition coefficient (Wildman–Crippen LogP) is 1.32. The van der Waals surface area contributed by atoms with Gasteiger partial charge in [-0.3, -0.25) is 15.0 Å². The number of aromatic nitrogens is 1. The fourth-order valence-electron chi connectivity index (χ4n) is 3.95. The van der Waals surface area contributed by atoms with E-state index in [1.165, 1.54) is 12.1 Å². The van der Waals surface area contributed by atoms with Crippen molar-refractivity contribution in [3.05, 3.63) is 39.9 Å². The minimum Gasteiger partial charge on any atom is -0.354 e. The molecule has 0 saturated carbocycles. The Bertz CT molecular complexity index is 1090. The highest BCUT2D eigenvalue weighted by Gasteiger charge is 2.33. The molecule has 146 valence electrons. The van der Waals surface area contributed by atoms with Crippen molar-refractivity contribution in [2.45, 2.75) is 12.5 Å². The SMILES string of the molecule is N#Cc1cc(N2CCN(C3CCS(=O)(=O)C3)CC2)nc2ccc([N+](=O)[O-])cc12. The average Bonchev–Trinajstić information content (AvgIpc) is 3.06. The van der Waals surface area contributed by atoms with E-state index in [-0.39, 0.29) is 23.2 Å². The van der Waals surface area contributed by atoms with Crippen molar-refractivity contribution in [1.29, 1.82) is 5.26 Å². The van der Waals surface area contributed by atoms with Gasteiger partial charge < -0.3 is 4.90 Å². The number of rotatable bonds is 3. The van der Waals surface area contributed by atoms with E-state index in [1.807, 2.05) is 0 Å². The van der Waals surface area contributed by atoms with Crippen LogP contribution >= 0.6 is 0 Å². The lowest BCUT2D eigenvalue weighted by Crippen LogP contribution is -2.51. The molecule has 10 heteroatoms. The third-order valence-electron chi connectivity index (χ3n) is 5.47. The average molecular weight is 401 g/mol. The Labute approximate surface area is 162 Å². The molecule has 0 amide bonds. The molecule has 4 rings (SSSR count). The Morgan fingerprint density at radius 3 is 2.57 bits per heavy atom. The molecule has 1 aromatic carbocycles. The number of nitrogens with zero attached hydrogens (tertiary/aromatic N) is 5. The number of hydrogen-bond donors (Lipinski definition) is 0. The zero-order valence-corrected chi connectivity index (χ0v) is 15.9. The molecule has 2 aromatic rings. The van der Waals surface area contributed by atoms with Crippen LogP contribution in [0.3, 0.4) is 0 Å². The number of anilines is 1. The molecule has 1 unspecified atom stereocenters. The van der Waals surface area contributed by atoms with Crippen molar-refractivity contribution in [2.75, 3.05) is 42.6 Å². The molecule has 3 heterocycles. The molecule has 0 spiro atoms. The molecule has 2 fully saturated rings. The minimum atomic E-state index is -2.91. The lowest BCUT2D eigenvalue weighted by molar-refractivity contribution is -0.384. The van der Waals surface area contributed by atoms with Crippen molar-refractivity contribution in [1.82, 2.24) is 9.88 Å². The van der Waals surface area contributed by atoms with Gasteiger partial charge in [-0.05, 0) is 18.6 Å². The van der Waals surface area contributed by atoms with E-state index < -0.39 is 14.8 Å². The molecule has 1 atom stereocenters. The number of non-ortho nitro benzene ring substituents is 1. The van der Waals surface area contributed by atoms with E-state index in [4.69, 9.17) is 0 Å². The van der Waals surface area contributed by atoms with E-state index in [2.05, 4.69) is 20.9 Å². The highest BCUT2D eigenvalue weighted by molar-refractivity contribution is 7.91. The number of nitro groups is 1. The highest BCUT2D eigenvalue weighted by Crippen LogP contribution is 2.27. The summed E-state index contributed by atoms with van der Waals surface area (Å²) in [5.41, 5.74) is 0.829. The third kappa shape index (κ3) is 3.50. The van der Waals surface area contributed by atoms with E-state index in [1.54, 1.807) is 12.1 Å². The van der Waals surface area contributed by atoms with Crippen LogP contribution in [0.1, 0.15) is 12.0 Å². The van der Waals surface area contributed by atoms with Crippen LogP contribution in [0.2, 0.25) is 0 Å². The topological polar surface area (TPSA) is 120 Å². The Kier molecular flexibility index (Phi) is 4.64. The van der Waals surface area contributed by atoms with Crippen molar-refractivity contribution in [3.63, 3.8) is 0 Å². The molecule has 0 radical (unpaired) electrons. The molecular formula is C18H19N5O4S. The van der Waals surface area contributed by atoms with Gasteiger partial charge in [-0.2, -0.15) is 5.26 Å². The number of benzene rings is 1. The molecule has 9 nitrogen and oxygen atoms in total. The summed E-state index contributed by atoms with van der Waals surface area (Å²) in [6, 6.07) is 8.20. The van der Waals surface area contributed by atoms with Crippen molar-refractivity contribution in [3.8, 4) is 6.07 Å². The zero-order chi connectivity index (χ0) is 19.9. The maximum Gasteiger partial charge on any atom is 0.270 e. The van der Waals surface area contributed by atoms with Gasteiger partial charge in [0.05, 0.1) is 33.6 Å². The number of hydrogen-bond acceptors (Lipinski definition) is 8. The van der Waals surface area contributed by atoms with E-state index in [9.17, 15) is 23.8 Å². The largest absolute Gasteiger partial charge is 0.354 e. The summed E-state index contributed by atoms with van der Waals surface area (Å²) >= 11 is 0. The minimum absolute atomic E-state index is 0.0707. The van der Waals surface area contributed by atoms with Gasteiger partial charge in [0.15, 0.2) is 9.84 Å². The lowest BCUT2D eigenvalue weighted by Gasteiger charge is -2.38. The van der Waals surface area contributed by atoms with Gasteiger partial charge in [0.2, 0.25) is 0 Å². The monoisotopic (exact) mass is 401 g/mol. The van der Waals surface area contributed by atoms with Crippen molar-refractivity contribution < 1.29 is 13.3 Å². The van der Waals surface area contributed by atoms with Crippen LogP contribution in [-0.2, 0) is 9.84 Å². The summed E-state index contributed by atoms with van der Waals surface area (Å²) in [6.07, 6.45) is 0.688. The number of pyridine rings is 1. The second-order valence-electron chi connectivity index (χ2n) is 7.18. The smallest absolute Gasteiger partial charge is 0.270 e. The van der Waals surface area contributed by atoms with Crippen LogP contribution in [0.15, 0.2) is 24.3 Å². The van der Waals surface area contributed by atoms with Crippen LogP contribution in [0.25, 0.3) is 10.9 Å². The Balaban J connectivity index is 1.55. The molecule has 1 aromatic heterocycles. The van der Waals surface area contributed by atoms with Gasteiger partial charge in [-0.25, -0.2) is 13.4 Å². The summed E-state index contributed by atoms with van der Waals surface area (Å²) in [4.78, 5) is 19.4. The summed E-state index contributed by atoms with van der Waals surface area (Å²) in [6.45, 7) is 2.85. The van der Waals surface area contributed by atoms with Crippen LogP contribution in [0, 0.1) is 21.4 Å². The number of nitriles is 1. The Hall–Kier alpha value is -2.77. The van der Waals surface area contributed by atoms with E-state index in [0.29, 0.717) is 41.8 Å². The quantitative estimate of drug-likeness (QED) is 0.558. The summed E-state index contributed by atoms with van der Waals surface area (Å²) in [7, 11) is -2.91. The molecule has 0 bridgehead atoms. The van der Waals surface area contributed by atoms with Crippen molar-refractivity contribution >= 4 is 32.2 Å². The van der Waals surface area contributed by atoms with Gasteiger partial charge in [-0.1, -0.05) is 0 Å². The Morgan fingerprint density at radius 2 is 1.96 bits per heavy atom. The zero-order valence-electron chi connectivity index (χ0n) is 15.1. The maximum atomic E-state index is 11.7. The normalized spacial score (nSPS) is 22.2. The van der Waals surface area contributed by atoms with Gasteiger partial charge in [0.25, 0.3) is 5.69 Å². The summed E-state index contributed by atoms with van der Waals surface area (Å²) in [5.74, 6) is 1.16. The van der Waals surface area contributed by atoms with Crippen LogP contribution in [0.5, 0.6) is 0 Å². The maximum absolute atomic E-state index is 11.7. The fourth-order valence-corrected chi connectivity index (χ4v) is 5.71. The van der Waals surface area contributed by atoms with Crippen LogP contribution in [-0.4, -0.2) is 67.0 Å². The van der Waals surface area contributed by atoms with Gasteiger partial charge in [0.1, 0.15) is 5.82 Å². The lowest BCUT2D eigenvalue weighted by atomic mass is 10.1. The van der Waals surface area contributed by atoms with Gasteiger partial charge in [0, 0.05) is 49.7 Å². The van der Waals surface area contributed by atoms with Crippen molar-refractivity contribution in [2.24, 2.45) is 0 Å². The number of nitro benzene ring substituents is 1. The Morgan fingerprint density at radius 1 is 1.21 bits per heavy atom. The van der Waals surface area contributed by atoms with Gasteiger partial charge >= 0.3 is 0 Å². The van der Waals surface area contributed by atoms with E-state index in [0.717, 1.165) is 13.1 Å². The molecule has 0 N–H and O–H groups in total. The first-order valence-corrected chi connectivity index (χ1v) is 10.9. The number of fused-ring (bicyclic) bond motifs is 1. The molecule has 2 saturated heterocycles. The first-order chi connectivity index (χ1) is 13.4. The molecular weight excluding hydrogens is 382 g/mol. The predicted molar refractivity (Wildman–Crippen MR) is 104 cm³/mol. The van der Waals surface area contributed by atoms with E-state index >= 15 is 0 Å². The molecule has 28 heavy (non-hydrogen) atoms. The fraction of sp³-hybridized carbons (Fsp3) is 0.444. The summed E-state index contributed by atoms with van der Waals surface area (Å²) in [5, 5.41) is 20.9. The van der Waals surface area contributed by atoms with Crippen LogP contribution < -0.4 is 4.90 Å². The first kappa shape index (κ1) is 18.6. The second kappa shape index (κ2) is 7.00. The first-order valence-electron chi connectivity index (χ1n) is 9.05.